The molecule has 0 bridgehead atoms. The van der Waals surface area contributed by atoms with E-state index in [0.29, 0.717) is 40.7 Å². The van der Waals surface area contributed by atoms with Gasteiger partial charge < -0.3 is 15.8 Å². The summed E-state index contributed by atoms with van der Waals surface area (Å²) >= 11 is 6.81. The van der Waals surface area contributed by atoms with Gasteiger partial charge in [-0.15, -0.1) is 0 Å². The summed E-state index contributed by atoms with van der Waals surface area (Å²) in [6.45, 7) is 6.01. The van der Waals surface area contributed by atoms with Crippen molar-refractivity contribution in [3.05, 3.63) is 100 Å². The number of hydrogen-bond donors (Lipinski definition) is 4. The second-order valence-corrected chi connectivity index (χ2v) is 13.9. The molecule has 1 atom stereocenters. The molecule has 6 rings (SSSR count). The Morgan fingerprint density at radius 1 is 1.04 bits per heavy atom. The van der Waals surface area contributed by atoms with Crippen LogP contribution in [-0.2, 0) is 6.61 Å². The first-order chi connectivity index (χ1) is 22.8. The van der Waals surface area contributed by atoms with Crippen LogP contribution in [0.15, 0.2) is 82.9 Å². The first-order valence-corrected chi connectivity index (χ1v) is 17.1. The molecule has 2 aliphatic carbocycles. The number of benzene rings is 3. The molecule has 10 heteroatoms. The van der Waals surface area contributed by atoms with Gasteiger partial charge in [0.2, 0.25) is 0 Å². The van der Waals surface area contributed by atoms with Crippen molar-refractivity contribution in [3.63, 3.8) is 0 Å². The average molecular weight is 656 g/mol. The van der Waals surface area contributed by atoms with Gasteiger partial charge in [0, 0.05) is 18.2 Å². The smallest absolute Gasteiger partial charge is 0.251 e. The van der Waals surface area contributed by atoms with Crippen molar-refractivity contribution in [1.29, 1.82) is 0 Å². The summed E-state index contributed by atoms with van der Waals surface area (Å²) in [5.74, 6) is 7.78. The lowest BCUT2D eigenvalue weighted by atomic mass is 9.76. The molecule has 3 aromatic rings. The van der Waals surface area contributed by atoms with Crippen molar-refractivity contribution in [2.75, 3.05) is 13.1 Å². The summed E-state index contributed by atoms with van der Waals surface area (Å²) in [4.78, 5) is 21.1. The third kappa shape index (κ3) is 7.64. The number of carbonyl (C=O) groups is 1. The maximum atomic E-state index is 12.8. The molecule has 1 spiro atoms. The Morgan fingerprint density at radius 2 is 1.77 bits per heavy atom. The molecule has 0 radical (unpaired) electrons. The zero-order valence-corrected chi connectivity index (χ0v) is 28.0. The predicted molar refractivity (Wildman–Crippen MR) is 188 cm³/mol. The monoisotopic (exact) mass is 655 g/mol. The largest absolute Gasteiger partial charge is 0.487 e. The van der Waals surface area contributed by atoms with Crippen LogP contribution in [0.5, 0.6) is 5.75 Å². The maximum Gasteiger partial charge on any atom is 0.251 e. The van der Waals surface area contributed by atoms with Gasteiger partial charge in [0.05, 0.1) is 17.3 Å². The SMILES string of the molecule is CC(C)C1CCC2(CC1)N=C(c1ccc(OCc3ccccc3)c(Cl)c1)CN2C(c1ccc(C(=O)NCC(N)=NNN)cc1)C1CC1. The summed E-state index contributed by atoms with van der Waals surface area (Å²) in [7, 11) is 0. The molecule has 3 aliphatic rings. The van der Waals surface area contributed by atoms with Gasteiger partial charge in [-0.1, -0.05) is 67.9 Å². The number of hydrazone groups is 1. The molecule has 0 aromatic heterocycles. The fourth-order valence-corrected chi connectivity index (χ4v) is 7.45. The lowest BCUT2D eigenvalue weighted by Crippen LogP contribution is -2.49. The van der Waals surface area contributed by atoms with Crippen molar-refractivity contribution in [2.45, 2.75) is 70.7 Å². The molecular weight excluding hydrogens is 610 g/mol. The molecule has 3 aromatic carbocycles. The highest BCUT2D eigenvalue weighted by Crippen LogP contribution is 2.53. The number of aliphatic imine (C=N–C) groups is 1. The van der Waals surface area contributed by atoms with E-state index in [9.17, 15) is 4.79 Å². The predicted octanol–water partition coefficient (Wildman–Crippen LogP) is 6.18. The number of carbonyl (C=O) groups excluding carboxylic acids is 1. The molecule has 2 saturated carbocycles. The number of ether oxygens (including phenoxy) is 1. The van der Waals surface area contributed by atoms with E-state index in [1.54, 1.807) is 0 Å². The van der Waals surface area contributed by atoms with Crippen LogP contribution in [-0.4, -0.2) is 41.1 Å². The van der Waals surface area contributed by atoms with Gasteiger partial charge in [-0.05, 0) is 103 Å². The maximum absolute atomic E-state index is 12.8. The molecule has 2 fully saturated rings. The van der Waals surface area contributed by atoms with E-state index in [2.05, 4.69) is 52.9 Å². The van der Waals surface area contributed by atoms with Crippen LogP contribution in [0.3, 0.4) is 0 Å². The number of nitrogens with one attached hydrogen (secondary N) is 2. The number of rotatable bonds is 12. The molecule has 47 heavy (non-hydrogen) atoms. The Hall–Kier alpha value is -3.92. The third-order valence-corrected chi connectivity index (χ3v) is 10.3. The summed E-state index contributed by atoms with van der Waals surface area (Å²) in [6, 6.07) is 24.4. The second kappa shape index (κ2) is 14.5. The van der Waals surface area contributed by atoms with Gasteiger partial charge in [-0.3, -0.25) is 14.7 Å². The third-order valence-electron chi connectivity index (χ3n) is 10.0. The minimum atomic E-state index is -0.257. The van der Waals surface area contributed by atoms with Gasteiger partial charge in [0.1, 0.15) is 23.9 Å². The summed E-state index contributed by atoms with van der Waals surface area (Å²) in [6.07, 6.45) is 6.79. The highest BCUT2D eigenvalue weighted by molar-refractivity contribution is 6.32. The van der Waals surface area contributed by atoms with Crippen LogP contribution in [0.25, 0.3) is 0 Å². The van der Waals surface area contributed by atoms with Crippen LogP contribution >= 0.6 is 11.6 Å². The van der Waals surface area contributed by atoms with Crippen molar-refractivity contribution >= 4 is 29.1 Å². The van der Waals surface area contributed by atoms with Crippen LogP contribution in [0, 0.1) is 17.8 Å². The first kappa shape index (κ1) is 33.0. The van der Waals surface area contributed by atoms with E-state index in [-0.39, 0.29) is 30.0 Å². The number of hydrazine groups is 1. The lowest BCUT2D eigenvalue weighted by Gasteiger charge is -2.46. The number of hydrogen-bond acceptors (Lipinski definition) is 7. The van der Waals surface area contributed by atoms with Crippen LogP contribution in [0.2, 0.25) is 5.02 Å². The van der Waals surface area contributed by atoms with E-state index in [0.717, 1.165) is 36.2 Å². The van der Waals surface area contributed by atoms with E-state index in [1.807, 2.05) is 54.6 Å². The van der Waals surface area contributed by atoms with E-state index < -0.39 is 0 Å². The highest BCUT2D eigenvalue weighted by Gasteiger charge is 2.51. The fourth-order valence-electron chi connectivity index (χ4n) is 7.22. The number of amides is 1. The Kier molecular flexibility index (Phi) is 10.2. The molecule has 9 nitrogen and oxygen atoms in total. The molecule has 1 amide bonds. The first-order valence-electron chi connectivity index (χ1n) is 16.7. The van der Waals surface area contributed by atoms with Crippen LogP contribution < -0.4 is 27.2 Å². The Balaban J connectivity index is 1.24. The average Bonchev–Trinajstić information content (AvgIpc) is 3.86. The number of halogens is 1. The molecular formula is C37H46ClN7O2. The minimum absolute atomic E-state index is 0.105. The minimum Gasteiger partial charge on any atom is -0.487 e. The van der Waals surface area contributed by atoms with E-state index in [1.165, 1.54) is 31.2 Å². The normalized spacial score (nSPS) is 22.3. The highest BCUT2D eigenvalue weighted by atomic mass is 35.5. The topological polar surface area (TPSA) is 130 Å². The number of nitrogens with two attached hydrogens (primary N) is 2. The molecule has 1 heterocycles. The zero-order chi connectivity index (χ0) is 33.0. The zero-order valence-electron chi connectivity index (χ0n) is 27.3. The van der Waals surface area contributed by atoms with Crippen molar-refractivity contribution in [2.24, 2.45) is 39.4 Å². The molecule has 0 saturated heterocycles. The van der Waals surface area contributed by atoms with Gasteiger partial charge in [-0.2, -0.15) is 5.10 Å². The van der Waals surface area contributed by atoms with Crippen molar-refractivity contribution in [1.82, 2.24) is 15.8 Å². The Morgan fingerprint density at radius 3 is 2.40 bits per heavy atom. The van der Waals surface area contributed by atoms with Crippen molar-refractivity contribution < 1.29 is 9.53 Å². The number of nitrogens with zero attached hydrogens (tertiary/aromatic N) is 3. The van der Waals surface area contributed by atoms with Gasteiger partial charge in [0.15, 0.2) is 0 Å². The van der Waals surface area contributed by atoms with E-state index in [4.69, 9.17) is 32.9 Å². The Bertz CT molecular complexity index is 1600. The van der Waals surface area contributed by atoms with Gasteiger partial charge >= 0.3 is 0 Å². The number of amidine groups is 1. The van der Waals surface area contributed by atoms with Crippen LogP contribution in [0.1, 0.15) is 85.5 Å². The molecule has 248 valence electrons. The fraction of sp³-hybridized carbons (Fsp3) is 0.432. The molecule has 1 aliphatic heterocycles. The molecule has 6 N–H and O–H groups in total. The van der Waals surface area contributed by atoms with E-state index >= 15 is 0 Å². The van der Waals surface area contributed by atoms with Gasteiger partial charge in [0.25, 0.3) is 5.91 Å². The van der Waals surface area contributed by atoms with Crippen molar-refractivity contribution in [3.8, 4) is 5.75 Å². The Labute approximate surface area is 282 Å². The standard InChI is InChI=1S/C37H46ClN7O2/c1-24(2)26-16-18-37(19-17-26)42-32(30-14-15-33(31(38)20-30)47-23-25-6-4-3-5-7-25)22-45(37)35(27-8-9-27)28-10-12-29(13-11-28)36(46)41-21-34(39)43-44-40/h3-7,10-15,20,24,26-27,35,44H,8-9,16-19,21-23,40H2,1-2H3,(H2,39,43)(H,41,46). The molecule has 1 unspecified atom stereocenters. The quantitative estimate of drug-likeness (QED) is 0.0798. The van der Waals surface area contributed by atoms with Crippen LogP contribution in [0.4, 0.5) is 0 Å². The lowest BCUT2D eigenvalue weighted by molar-refractivity contribution is 0.0191. The summed E-state index contributed by atoms with van der Waals surface area (Å²) in [5, 5.41) is 7.07. The summed E-state index contributed by atoms with van der Waals surface area (Å²) in [5.41, 5.74) is 12.7. The summed E-state index contributed by atoms with van der Waals surface area (Å²) < 4.78 is 6.08. The second-order valence-electron chi connectivity index (χ2n) is 13.5. The van der Waals surface area contributed by atoms with Gasteiger partial charge in [-0.25, -0.2) is 11.4 Å².